The minimum absolute atomic E-state index is 0.226. The fourth-order valence-electron chi connectivity index (χ4n) is 3.01. The number of aryl methyl sites for hydroxylation is 1. The van der Waals surface area contributed by atoms with Crippen LogP contribution in [-0.2, 0) is 0 Å². The molecule has 0 atom stereocenters. The van der Waals surface area contributed by atoms with Gasteiger partial charge in [0.25, 0.3) is 11.3 Å². The molecule has 0 amide bonds. The van der Waals surface area contributed by atoms with Crippen molar-refractivity contribution < 1.29 is 4.74 Å². The van der Waals surface area contributed by atoms with Crippen LogP contribution in [0.25, 0.3) is 22.5 Å². The Bertz CT molecular complexity index is 1360. The molecule has 8 heteroatoms. The summed E-state index contributed by atoms with van der Waals surface area (Å²) in [6.07, 6.45) is 1.69. The first-order valence-electron chi connectivity index (χ1n) is 8.64. The van der Waals surface area contributed by atoms with E-state index in [1.165, 1.54) is 9.08 Å². The molecule has 5 aromatic rings. The molecule has 0 saturated carbocycles. The zero-order valence-electron chi connectivity index (χ0n) is 14.9. The number of benzene rings is 2. The van der Waals surface area contributed by atoms with Gasteiger partial charge in [-0.05, 0) is 49.4 Å². The number of pyridine rings is 1. The molecule has 0 saturated heterocycles. The second-order valence-corrected chi connectivity index (χ2v) is 6.20. The smallest absolute Gasteiger partial charge is 0.285 e. The number of hydrogen-bond acceptors (Lipinski definition) is 6. The zero-order chi connectivity index (χ0) is 19.1. The Morgan fingerprint density at radius 3 is 2.43 bits per heavy atom. The third kappa shape index (κ3) is 2.67. The maximum absolute atomic E-state index is 12.9. The number of rotatable bonds is 3. The van der Waals surface area contributed by atoms with Crippen LogP contribution in [0.3, 0.4) is 0 Å². The highest BCUT2D eigenvalue weighted by Crippen LogP contribution is 2.22. The lowest BCUT2D eigenvalue weighted by Gasteiger charge is -2.09. The van der Waals surface area contributed by atoms with Gasteiger partial charge in [-0.25, -0.2) is 0 Å². The van der Waals surface area contributed by atoms with Gasteiger partial charge in [-0.15, -0.1) is 15.3 Å². The third-order valence-electron chi connectivity index (χ3n) is 4.30. The van der Waals surface area contributed by atoms with E-state index in [1.807, 2.05) is 54.6 Å². The molecule has 0 bridgehead atoms. The largest absolute Gasteiger partial charge is 0.457 e. The van der Waals surface area contributed by atoms with E-state index < -0.39 is 0 Å². The van der Waals surface area contributed by atoms with E-state index in [4.69, 9.17) is 4.74 Å². The lowest BCUT2D eigenvalue weighted by molar-refractivity contribution is 0.482. The lowest BCUT2D eigenvalue weighted by atomic mass is 10.2. The molecule has 0 N–H and O–H groups in total. The summed E-state index contributed by atoms with van der Waals surface area (Å²) in [5.74, 6) is 2.37. The Labute approximate surface area is 158 Å². The first kappa shape index (κ1) is 16.1. The van der Waals surface area contributed by atoms with Crippen LogP contribution in [0.15, 0.2) is 71.7 Å². The standard InChI is InChI=1S/C20H14N6O2/c1-13-21-20-23-22-18-17(26(20)24-13)11-12-25(19(18)27)14-7-9-16(10-8-14)28-15-5-3-2-4-6-15/h2-12H,1H3. The fourth-order valence-corrected chi connectivity index (χ4v) is 3.01. The molecule has 3 aromatic heterocycles. The van der Waals surface area contributed by atoms with Gasteiger partial charge in [-0.2, -0.15) is 9.50 Å². The molecule has 8 nitrogen and oxygen atoms in total. The average Bonchev–Trinajstić information content (AvgIpc) is 3.10. The number of para-hydroxylation sites is 1. The van der Waals surface area contributed by atoms with Crippen LogP contribution >= 0.6 is 0 Å². The number of nitrogens with zero attached hydrogens (tertiary/aromatic N) is 6. The Hall–Kier alpha value is -4.07. The molecule has 0 spiro atoms. The normalized spacial score (nSPS) is 11.2. The molecule has 3 heterocycles. The molecular formula is C20H14N6O2. The van der Waals surface area contributed by atoms with Gasteiger partial charge < -0.3 is 4.74 Å². The van der Waals surface area contributed by atoms with Gasteiger partial charge in [0.05, 0.1) is 0 Å². The van der Waals surface area contributed by atoms with Crippen molar-refractivity contribution in [3.63, 3.8) is 0 Å². The van der Waals surface area contributed by atoms with E-state index in [2.05, 4.69) is 20.3 Å². The summed E-state index contributed by atoms with van der Waals surface area (Å²) in [5, 5.41) is 12.3. The number of ether oxygens (including phenoxy) is 1. The second kappa shape index (κ2) is 6.27. The molecule has 0 unspecified atom stereocenters. The van der Waals surface area contributed by atoms with Crippen LogP contribution in [0.5, 0.6) is 11.5 Å². The van der Waals surface area contributed by atoms with Crippen LogP contribution in [0.4, 0.5) is 0 Å². The maximum atomic E-state index is 12.9. The molecule has 136 valence electrons. The average molecular weight is 370 g/mol. The van der Waals surface area contributed by atoms with Crippen molar-refractivity contribution in [2.75, 3.05) is 0 Å². The highest BCUT2D eigenvalue weighted by Gasteiger charge is 2.12. The van der Waals surface area contributed by atoms with Gasteiger partial charge in [0.2, 0.25) is 0 Å². The highest BCUT2D eigenvalue weighted by atomic mass is 16.5. The molecule has 0 radical (unpaired) electrons. The Balaban J connectivity index is 1.54. The van der Waals surface area contributed by atoms with Crippen molar-refractivity contribution in [2.45, 2.75) is 6.92 Å². The molecule has 0 aliphatic carbocycles. The minimum Gasteiger partial charge on any atom is -0.457 e. The van der Waals surface area contributed by atoms with Crippen LogP contribution < -0.4 is 10.3 Å². The fraction of sp³-hybridized carbons (Fsp3) is 0.0500. The maximum Gasteiger partial charge on any atom is 0.285 e. The Morgan fingerprint density at radius 2 is 1.64 bits per heavy atom. The molecule has 2 aromatic carbocycles. The SMILES string of the molecule is Cc1nc2nnc3c(=O)n(-c4ccc(Oc5ccccc5)cc4)ccc3n2n1. The number of fused-ring (bicyclic) bond motifs is 3. The minimum atomic E-state index is -0.281. The first-order valence-corrected chi connectivity index (χ1v) is 8.64. The molecule has 28 heavy (non-hydrogen) atoms. The second-order valence-electron chi connectivity index (χ2n) is 6.20. The van der Waals surface area contributed by atoms with Gasteiger partial charge in [0, 0.05) is 11.9 Å². The summed E-state index contributed by atoms with van der Waals surface area (Å²) in [7, 11) is 0. The number of aromatic nitrogens is 6. The molecule has 0 aliphatic heterocycles. The third-order valence-corrected chi connectivity index (χ3v) is 4.30. The highest BCUT2D eigenvalue weighted by molar-refractivity contribution is 5.74. The summed E-state index contributed by atoms with van der Waals surface area (Å²) in [6.45, 7) is 1.76. The summed E-state index contributed by atoms with van der Waals surface area (Å²) < 4.78 is 8.83. The predicted octanol–water partition coefficient (Wildman–Crippen LogP) is 2.92. The van der Waals surface area contributed by atoms with E-state index in [0.717, 1.165) is 5.75 Å². The van der Waals surface area contributed by atoms with Crippen LogP contribution in [0.1, 0.15) is 5.82 Å². The van der Waals surface area contributed by atoms with Crippen LogP contribution in [0.2, 0.25) is 0 Å². The van der Waals surface area contributed by atoms with Gasteiger partial charge in [0.15, 0.2) is 5.52 Å². The van der Waals surface area contributed by atoms with Crippen LogP contribution in [-0.4, -0.2) is 29.4 Å². The zero-order valence-corrected chi connectivity index (χ0v) is 14.9. The van der Waals surface area contributed by atoms with Crippen molar-refractivity contribution in [1.82, 2.24) is 29.4 Å². The van der Waals surface area contributed by atoms with Crippen molar-refractivity contribution >= 4 is 16.8 Å². The Morgan fingerprint density at radius 1 is 0.893 bits per heavy atom. The lowest BCUT2D eigenvalue weighted by Crippen LogP contribution is -2.20. The summed E-state index contributed by atoms with van der Waals surface area (Å²) in [4.78, 5) is 17.1. The Kier molecular flexibility index (Phi) is 3.61. The van der Waals surface area contributed by atoms with Crippen molar-refractivity contribution in [2.24, 2.45) is 0 Å². The molecule has 0 fully saturated rings. The van der Waals surface area contributed by atoms with Crippen molar-refractivity contribution in [3.8, 4) is 17.2 Å². The first-order chi connectivity index (χ1) is 13.7. The van der Waals surface area contributed by atoms with Gasteiger partial charge in [0.1, 0.15) is 22.8 Å². The van der Waals surface area contributed by atoms with E-state index >= 15 is 0 Å². The quantitative estimate of drug-likeness (QED) is 0.485. The molecular weight excluding hydrogens is 356 g/mol. The van der Waals surface area contributed by atoms with Crippen molar-refractivity contribution in [3.05, 3.63) is 83.0 Å². The summed E-state index contributed by atoms with van der Waals surface area (Å²) in [6, 6.07) is 18.6. The van der Waals surface area contributed by atoms with Crippen molar-refractivity contribution in [1.29, 1.82) is 0 Å². The van der Waals surface area contributed by atoms with Gasteiger partial charge in [-0.3, -0.25) is 9.36 Å². The van der Waals surface area contributed by atoms with Gasteiger partial charge in [-0.1, -0.05) is 18.2 Å². The van der Waals surface area contributed by atoms with E-state index in [-0.39, 0.29) is 11.1 Å². The molecule has 5 rings (SSSR count). The van der Waals surface area contributed by atoms with E-state index in [0.29, 0.717) is 28.6 Å². The molecule has 0 aliphatic rings. The van der Waals surface area contributed by atoms with E-state index in [1.54, 1.807) is 19.2 Å². The van der Waals surface area contributed by atoms with Gasteiger partial charge >= 0.3 is 0 Å². The summed E-state index contributed by atoms with van der Waals surface area (Å²) >= 11 is 0. The number of hydrogen-bond donors (Lipinski definition) is 0. The van der Waals surface area contributed by atoms with E-state index in [9.17, 15) is 4.79 Å². The monoisotopic (exact) mass is 370 g/mol. The predicted molar refractivity (Wildman–Crippen MR) is 103 cm³/mol. The topological polar surface area (TPSA) is 87.2 Å². The van der Waals surface area contributed by atoms with Crippen LogP contribution in [0, 0.1) is 6.92 Å². The summed E-state index contributed by atoms with van der Waals surface area (Å²) in [5.41, 5.74) is 1.21.